The van der Waals surface area contributed by atoms with E-state index in [1.165, 1.54) is 4.68 Å². The molecule has 0 aliphatic carbocycles. The highest BCUT2D eigenvalue weighted by atomic mass is 16.1. The van der Waals surface area contributed by atoms with Crippen molar-refractivity contribution in [3.05, 3.63) is 64.7 Å². The van der Waals surface area contributed by atoms with Crippen LogP contribution in [0.5, 0.6) is 0 Å². The van der Waals surface area contributed by atoms with Gasteiger partial charge in [-0.05, 0) is 31.2 Å². The molecule has 0 spiro atoms. The van der Waals surface area contributed by atoms with Gasteiger partial charge in [-0.25, -0.2) is 14.6 Å². The molecular formula is C16H12N4O. The molecule has 0 bridgehead atoms. The van der Waals surface area contributed by atoms with Gasteiger partial charge in [0.05, 0.1) is 16.6 Å². The molecule has 0 atom stereocenters. The highest BCUT2D eigenvalue weighted by Crippen LogP contribution is 2.19. The van der Waals surface area contributed by atoms with Gasteiger partial charge in [0.1, 0.15) is 0 Å². The minimum absolute atomic E-state index is 0.105. The summed E-state index contributed by atoms with van der Waals surface area (Å²) in [5.74, 6) is 0. The van der Waals surface area contributed by atoms with Gasteiger partial charge >= 0.3 is 0 Å². The summed E-state index contributed by atoms with van der Waals surface area (Å²) in [6.45, 7) is 1.92. The van der Waals surface area contributed by atoms with Gasteiger partial charge in [-0.3, -0.25) is 9.89 Å². The summed E-state index contributed by atoms with van der Waals surface area (Å²) < 4.78 is 1.53. The van der Waals surface area contributed by atoms with Gasteiger partial charge in [-0.15, -0.1) is 0 Å². The Hall–Kier alpha value is -2.95. The van der Waals surface area contributed by atoms with Gasteiger partial charge in [0, 0.05) is 17.3 Å². The lowest BCUT2D eigenvalue weighted by Crippen LogP contribution is -2.13. The topological polar surface area (TPSA) is 63.6 Å². The quantitative estimate of drug-likeness (QED) is 0.581. The van der Waals surface area contributed by atoms with E-state index in [1.807, 2.05) is 49.4 Å². The molecule has 0 aliphatic heterocycles. The largest absolute Gasteiger partial charge is 0.289 e. The van der Waals surface area contributed by atoms with Crippen LogP contribution >= 0.6 is 0 Å². The number of fused-ring (bicyclic) bond motifs is 3. The number of pyridine rings is 2. The molecule has 0 unspecified atom stereocenters. The highest BCUT2D eigenvalue weighted by molar-refractivity contribution is 6.01. The summed E-state index contributed by atoms with van der Waals surface area (Å²) in [7, 11) is 0. The minimum atomic E-state index is -0.105. The maximum Gasteiger partial charge on any atom is 0.280 e. The summed E-state index contributed by atoms with van der Waals surface area (Å²) in [6.07, 6.45) is 1.59. The number of nitrogens with zero attached hydrogens (tertiary/aromatic N) is 3. The van der Waals surface area contributed by atoms with Crippen LogP contribution in [0.1, 0.15) is 5.69 Å². The van der Waals surface area contributed by atoms with Crippen molar-refractivity contribution in [1.82, 2.24) is 19.7 Å². The van der Waals surface area contributed by atoms with E-state index in [1.54, 1.807) is 6.20 Å². The standard InChI is InChI=1S/C16H12N4O/c1-10-7-8-12-14-13(9-17-15(12)18-10)16(21)20(19-14)11-5-3-2-4-6-11/h2-9,19H,1H3. The fourth-order valence-electron chi connectivity index (χ4n) is 2.50. The zero-order valence-electron chi connectivity index (χ0n) is 11.4. The van der Waals surface area contributed by atoms with Crippen LogP contribution in [0.25, 0.3) is 27.6 Å². The number of nitrogens with one attached hydrogen (secondary N) is 1. The van der Waals surface area contributed by atoms with E-state index in [0.717, 1.165) is 22.3 Å². The van der Waals surface area contributed by atoms with Crippen molar-refractivity contribution < 1.29 is 0 Å². The smallest absolute Gasteiger partial charge is 0.280 e. The molecule has 3 heterocycles. The van der Waals surface area contributed by atoms with Crippen molar-refractivity contribution in [1.29, 1.82) is 0 Å². The second-order valence-corrected chi connectivity index (χ2v) is 4.96. The molecule has 21 heavy (non-hydrogen) atoms. The predicted molar refractivity (Wildman–Crippen MR) is 81.7 cm³/mol. The number of benzene rings is 1. The summed E-state index contributed by atoms with van der Waals surface area (Å²) in [5, 5.41) is 4.59. The van der Waals surface area contributed by atoms with Crippen molar-refractivity contribution in [2.75, 3.05) is 0 Å². The number of rotatable bonds is 1. The fraction of sp³-hybridized carbons (Fsp3) is 0.0625. The molecule has 1 aromatic carbocycles. The van der Waals surface area contributed by atoms with Gasteiger partial charge in [-0.1, -0.05) is 18.2 Å². The van der Waals surface area contributed by atoms with E-state index in [-0.39, 0.29) is 5.56 Å². The van der Waals surface area contributed by atoms with Crippen molar-refractivity contribution in [2.45, 2.75) is 6.92 Å². The van der Waals surface area contributed by atoms with Crippen molar-refractivity contribution in [3.8, 4) is 5.69 Å². The average Bonchev–Trinajstić information content (AvgIpc) is 2.85. The lowest BCUT2D eigenvalue weighted by Gasteiger charge is -2.00. The van der Waals surface area contributed by atoms with E-state index >= 15 is 0 Å². The Morgan fingerprint density at radius 2 is 1.86 bits per heavy atom. The number of aryl methyl sites for hydroxylation is 1. The molecule has 0 radical (unpaired) electrons. The minimum Gasteiger partial charge on any atom is -0.289 e. The van der Waals surface area contributed by atoms with Crippen LogP contribution in [-0.2, 0) is 0 Å². The van der Waals surface area contributed by atoms with Crippen LogP contribution in [-0.4, -0.2) is 19.7 Å². The SMILES string of the molecule is Cc1ccc2c(ncc3c(=O)n(-c4ccccc4)[nH]c32)n1. The second-order valence-electron chi connectivity index (χ2n) is 4.96. The van der Waals surface area contributed by atoms with Crippen LogP contribution < -0.4 is 5.56 Å². The first-order chi connectivity index (χ1) is 10.2. The summed E-state index contributed by atoms with van der Waals surface area (Å²) in [4.78, 5) is 21.2. The van der Waals surface area contributed by atoms with E-state index in [2.05, 4.69) is 15.1 Å². The van der Waals surface area contributed by atoms with Gasteiger partial charge in [0.15, 0.2) is 5.65 Å². The van der Waals surface area contributed by atoms with Gasteiger partial charge in [0.2, 0.25) is 0 Å². The number of aromatic nitrogens is 4. The van der Waals surface area contributed by atoms with E-state index in [4.69, 9.17) is 0 Å². The Morgan fingerprint density at radius 1 is 1.05 bits per heavy atom. The number of aromatic amines is 1. The lowest BCUT2D eigenvalue weighted by atomic mass is 10.2. The Kier molecular flexibility index (Phi) is 2.41. The van der Waals surface area contributed by atoms with E-state index < -0.39 is 0 Å². The van der Waals surface area contributed by atoms with Crippen LogP contribution in [0.4, 0.5) is 0 Å². The van der Waals surface area contributed by atoms with Crippen molar-refractivity contribution >= 4 is 21.9 Å². The summed E-state index contributed by atoms with van der Waals surface area (Å²) in [6, 6.07) is 13.3. The summed E-state index contributed by atoms with van der Waals surface area (Å²) in [5.41, 5.74) is 3.00. The molecule has 0 saturated carbocycles. The van der Waals surface area contributed by atoms with Crippen LogP contribution in [0.2, 0.25) is 0 Å². The molecule has 5 heteroatoms. The second kappa shape index (κ2) is 4.28. The highest BCUT2D eigenvalue weighted by Gasteiger charge is 2.12. The maximum atomic E-state index is 12.5. The summed E-state index contributed by atoms with van der Waals surface area (Å²) >= 11 is 0. The lowest BCUT2D eigenvalue weighted by molar-refractivity contribution is 0.864. The molecule has 0 aliphatic rings. The Morgan fingerprint density at radius 3 is 2.67 bits per heavy atom. The Balaban J connectivity index is 2.11. The monoisotopic (exact) mass is 276 g/mol. The third kappa shape index (κ3) is 1.74. The molecule has 1 N–H and O–H groups in total. The number of H-pyrrole nitrogens is 1. The molecule has 4 aromatic rings. The normalized spacial score (nSPS) is 11.3. The predicted octanol–water partition coefficient (Wildman–Crippen LogP) is 2.57. The van der Waals surface area contributed by atoms with E-state index in [9.17, 15) is 4.79 Å². The fourth-order valence-corrected chi connectivity index (χ4v) is 2.50. The molecule has 3 aromatic heterocycles. The zero-order chi connectivity index (χ0) is 14.4. The van der Waals surface area contributed by atoms with Gasteiger partial charge in [0.25, 0.3) is 5.56 Å². The molecule has 0 saturated heterocycles. The third-order valence-electron chi connectivity index (χ3n) is 3.54. The third-order valence-corrected chi connectivity index (χ3v) is 3.54. The molecule has 0 fully saturated rings. The van der Waals surface area contributed by atoms with Crippen molar-refractivity contribution in [3.63, 3.8) is 0 Å². The average molecular weight is 276 g/mol. The zero-order valence-corrected chi connectivity index (χ0v) is 11.4. The Bertz CT molecular complexity index is 1010. The van der Waals surface area contributed by atoms with Gasteiger partial charge < -0.3 is 0 Å². The molecule has 4 rings (SSSR count). The van der Waals surface area contributed by atoms with Crippen molar-refractivity contribution in [2.24, 2.45) is 0 Å². The maximum absolute atomic E-state index is 12.5. The molecular weight excluding hydrogens is 264 g/mol. The molecule has 102 valence electrons. The molecule has 0 amide bonds. The Labute approximate surface area is 119 Å². The number of para-hydroxylation sites is 1. The van der Waals surface area contributed by atoms with Crippen LogP contribution in [0.3, 0.4) is 0 Å². The number of hydrogen-bond donors (Lipinski definition) is 1. The van der Waals surface area contributed by atoms with Gasteiger partial charge in [-0.2, -0.15) is 0 Å². The first-order valence-corrected chi connectivity index (χ1v) is 6.66. The van der Waals surface area contributed by atoms with E-state index in [0.29, 0.717) is 11.0 Å². The van der Waals surface area contributed by atoms with Crippen LogP contribution in [0.15, 0.2) is 53.5 Å². The van der Waals surface area contributed by atoms with Crippen LogP contribution in [0, 0.1) is 6.92 Å². The number of hydrogen-bond acceptors (Lipinski definition) is 3. The molecule has 5 nitrogen and oxygen atoms in total. The first kappa shape index (κ1) is 11.8. The first-order valence-electron chi connectivity index (χ1n) is 6.66.